The van der Waals surface area contributed by atoms with E-state index in [1.807, 2.05) is 110 Å². The number of nitrogens with zero attached hydrogens (tertiary/aromatic N) is 3. The van der Waals surface area contributed by atoms with Crippen LogP contribution in [0.2, 0.25) is 0 Å². The molecule has 4 aromatic carbocycles. The summed E-state index contributed by atoms with van der Waals surface area (Å²) < 4.78 is 5.28. The summed E-state index contributed by atoms with van der Waals surface area (Å²) in [7, 11) is 1.63. The molecule has 1 heterocycles. The number of azo groups is 1. The number of hydrogen-bond donors (Lipinski definition) is 1. The largest absolute Gasteiger partial charge is 0.497 e. The average Bonchev–Trinajstić information content (AvgIpc) is 2.93. The maximum Gasteiger partial charge on any atom is 0.256 e. The number of fused-ring (bicyclic) bond motifs is 1. The van der Waals surface area contributed by atoms with Gasteiger partial charge in [0, 0.05) is 16.6 Å². The van der Waals surface area contributed by atoms with Crippen LogP contribution in [0, 0.1) is 6.92 Å². The molecule has 5 rings (SSSR count). The maximum atomic E-state index is 13.5. The maximum absolute atomic E-state index is 13.5. The first kappa shape index (κ1) is 22.9. The van der Waals surface area contributed by atoms with Gasteiger partial charge in [-0.25, -0.2) is 4.98 Å². The predicted molar refractivity (Wildman–Crippen MR) is 143 cm³/mol. The molecule has 0 fully saturated rings. The highest BCUT2D eigenvalue weighted by Crippen LogP contribution is 2.31. The van der Waals surface area contributed by atoms with Gasteiger partial charge in [-0.15, -0.1) is 0 Å². The highest BCUT2D eigenvalue weighted by molar-refractivity contribution is 6.14. The summed E-state index contributed by atoms with van der Waals surface area (Å²) in [5.74, 6) is 0.571. The third-order valence-corrected chi connectivity index (χ3v) is 5.89. The Bertz CT molecular complexity index is 1540. The molecule has 0 bridgehead atoms. The molecule has 0 aliphatic heterocycles. The summed E-state index contributed by atoms with van der Waals surface area (Å²) in [6, 6.07) is 32.2. The van der Waals surface area contributed by atoms with Gasteiger partial charge in [0.15, 0.2) is 0 Å². The number of para-hydroxylation sites is 1. The van der Waals surface area contributed by atoms with Crippen molar-refractivity contribution in [2.45, 2.75) is 6.92 Å². The second-order valence-corrected chi connectivity index (χ2v) is 8.24. The molecule has 0 unspecified atom stereocenters. The molecular weight excluding hydrogens is 448 g/mol. The third kappa shape index (κ3) is 4.83. The number of pyridine rings is 1. The molecule has 176 valence electrons. The Hall–Kier alpha value is -4.84. The van der Waals surface area contributed by atoms with Gasteiger partial charge in [-0.1, -0.05) is 36.4 Å². The van der Waals surface area contributed by atoms with Crippen molar-refractivity contribution in [1.82, 2.24) is 4.98 Å². The number of methoxy groups -OCH3 is 1. The number of hydrogen-bond acceptors (Lipinski definition) is 5. The van der Waals surface area contributed by atoms with Crippen LogP contribution in [-0.4, -0.2) is 18.0 Å². The molecule has 6 heteroatoms. The van der Waals surface area contributed by atoms with Crippen molar-refractivity contribution < 1.29 is 9.53 Å². The number of anilines is 1. The van der Waals surface area contributed by atoms with Gasteiger partial charge in [0.2, 0.25) is 0 Å². The fourth-order valence-electron chi connectivity index (χ4n) is 4.04. The smallest absolute Gasteiger partial charge is 0.256 e. The normalized spacial score (nSPS) is 11.1. The van der Waals surface area contributed by atoms with E-state index in [2.05, 4.69) is 15.5 Å². The minimum absolute atomic E-state index is 0.195. The summed E-state index contributed by atoms with van der Waals surface area (Å²) in [5.41, 5.74) is 6.00. The van der Waals surface area contributed by atoms with Gasteiger partial charge >= 0.3 is 0 Å². The van der Waals surface area contributed by atoms with Crippen LogP contribution in [0.25, 0.3) is 22.2 Å². The van der Waals surface area contributed by atoms with Crippen LogP contribution in [0.5, 0.6) is 5.75 Å². The van der Waals surface area contributed by atoms with E-state index < -0.39 is 0 Å². The molecule has 1 N–H and O–H groups in total. The Morgan fingerprint density at radius 3 is 2.11 bits per heavy atom. The van der Waals surface area contributed by atoms with Crippen LogP contribution in [0.1, 0.15) is 15.9 Å². The molecule has 0 aliphatic rings. The van der Waals surface area contributed by atoms with Gasteiger partial charge in [-0.3, -0.25) is 4.79 Å². The number of carbonyl (C=O) groups excluding carboxylic acids is 1. The van der Waals surface area contributed by atoms with Crippen molar-refractivity contribution in [2.75, 3.05) is 12.4 Å². The topological polar surface area (TPSA) is 75.9 Å². The Labute approximate surface area is 209 Å². The molecule has 6 nitrogen and oxygen atoms in total. The number of nitrogens with one attached hydrogen (secondary N) is 1. The van der Waals surface area contributed by atoms with Crippen LogP contribution in [0.15, 0.2) is 113 Å². The van der Waals surface area contributed by atoms with E-state index in [4.69, 9.17) is 9.72 Å². The number of ether oxygens (including phenoxy) is 1. The molecule has 0 aliphatic carbocycles. The van der Waals surface area contributed by atoms with E-state index in [1.54, 1.807) is 7.11 Å². The van der Waals surface area contributed by atoms with Gasteiger partial charge in [-0.2, -0.15) is 10.2 Å². The minimum atomic E-state index is -0.195. The zero-order valence-electron chi connectivity index (χ0n) is 20.0. The van der Waals surface area contributed by atoms with Gasteiger partial charge in [0.05, 0.1) is 35.3 Å². The lowest BCUT2D eigenvalue weighted by atomic mass is 9.97. The lowest BCUT2D eigenvalue weighted by Gasteiger charge is -2.15. The molecule has 1 amide bonds. The summed E-state index contributed by atoms with van der Waals surface area (Å²) in [6.45, 7) is 1.93. The summed E-state index contributed by atoms with van der Waals surface area (Å²) >= 11 is 0. The Balaban J connectivity index is 1.44. The van der Waals surface area contributed by atoms with E-state index in [-0.39, 0.29) is 5.91 Å². The molecule has 0 radical (unpaired) electrons. The fourth-order valence-corrected chi connectivity index (χ4v) is 4.04. The zero-order valence-corrected chi connectivity index (χ0v) is 20.0. The number of benzene rings is 4. The van der Waals surface area contributed by atoms with E-state index >= 15 is 0 Å². The highest BCUT2D eigenvalue weighted by atomic mass is 16.5. The number of carbonyl (C=O) groups is 1. The summed E-state index contributed by atoms with van der Waals surface area (Å²) in [6.07, 6.45) is 0. The van der Waals surface area contributed by atoms with Crippen LogP contribution in [-0.2, 0) is 0 Å². The zero-order chi connectivity index (χ0) is 24.9. The van der Waals surface area contributed by atoms with Gasteiger partial charge < -0.3 is 10.1 Å². The summed E-state index contributed by atoms with van der Waals surface area (Å²) in [5, 5.41) is 12.3. The van der Waals surface area contributed by atoms with E-state index in [9.17, 15) is 4.79 Å². The molecule has 0 spiro atoms. The Morgan fingerprint density at radius 1 is 0.778 bits per heavy atom. The standard InChI is InChI=1S/C30H24N4O2/c1-20-28(26-10-6-7-11-27(26)32-29(20)21-12-18-25(36-2)19-13-21)30(35)31-22-14-16-24(17-15-22)34-33-23-8-4-3-5-9-23/h3-19H,1-2H3,(H,31,35). The minimum Gasteiger partial charge on any atom is -0.497 e. The first-order chi connectivity index (χ1) is 17.6. The van der Waals surface area contributed by atoms with Crippen molar-refractivity contribution in [3.8, 4) is 17.0 Å². The van der Waals surface area contributed by atoms with Crippen molar-refractivity contribution in [3.05, 3.63) is 114 Å². The average molecular weight is 473 g/mol. The molecule has 0 atom stereocenters. The molecule has 0 saturated carbocycles. The van der Waals surface area contributed by atoms with Crippen LogP contribution in [0.3, 0.4) is 0 Å². The van der Waals surface area contributed by atoms with Crippen LogP contribution >= 0.6 is 0 Å². The van der Waals surface area contributed by atoms with Crippen molar-refractivity contribution in [2.24, 2.45) is 10.2 Å². The lowest BCUT2D eigenvalue weighted by molar-refractivity contribution is 0.102. The van der Waals surface area contributed by atoms with Crippen LogP contribution in [0.4, 0.5) is 17.1 Å². The third-order valence-electron chi connectivity index (χ3n) is 5.89. The molecule has 0 saturated heterocycles. The van der Waals surface area contributed by atoms with Gasteiger partial charge in [0.25, 0.3) is 5.91 Å². The quantitative estimate of drug-likeness (QED) is 0.255. The SMILES string of the molecule is COc1ccc(-c2nc3ccccc3c(C(=O)Nc3ccc(N=Nc4ccccc4)cc3)c2C)cc1. The Morgan fingerprint density at radius 2 is 1.42 bits per heavy atom. The lowest BCUT2D eigenvalue weighted by Crippen LogP contribution is -2.15. The van der Waals surface area contributed by atoms with Crippen molar-refractivity contribution >= 4 is 33.9 Å². The first-order valence-corrected chi connectivity index (χ1v) is 11.5. The molecular formula is C30H24N4O2. The number of aromatic nitrogens is 1. The van der Waals surface area contributed by atoms with Gasteiger partial charge in [0.1, 0.15) is 5.75 Å². The van der Waals surface area contributed by atoms with E-state index in [0.29, 0.717) is 16.9 Å². The molecule has 5 aromatic rings. The van der Waals surface area contributed by atoms with Crippen molar-refractivity contribution in [3.63, 3.8) is 0 Å². The number of rotatable bonds is 6. The van der Waals surface area contributed by atoms with Gasteiger partial charge in [-0.05, 0) is 79.2 Å². The highest BCUT2D eigenvalue weighted by Gasteiger charge is 2.19. The molecule has 36 heavy (non-hydrogen) atoms. The monoisotopic (exact) mass is 472 g/mol. The van der Waals surface area contributed by atoms with Crippen molar-refractivity contribution in [1.29, 1.82) is 0 Å². The van der Waals surface area contributed by atoms with E-state index in [1.165, 1.54) is 0 Å². The van der Waals surface area contributed by atoms with Crippen LogP contribution < -0.4 is 10.1 Å². The number of amides is 1. The predicted octanol–water partition coefficient (Wildman–Crippen LogP) is 7.89. The first-order valence-electron chi connectivity index (χ1n) is 11.5. The fraction of sp³-hybridized carbons (Fsp3) is 0.0667. The summed E-state index contributed by atoms with van der Waals surface area (Å²) in [4.78, 5) is 18.4. The molecule has 1 aromatic heterocycles. The Kier molecular flexibility index (Phi) is 6.49. The van der Waals surface area contributed by atoms with E-state index in [0.717, 1.165) is 39.2 Å². The second-order valence-electron chi connectivity index (χ2n) is 8.24. The second kappa shape index (κ2) is 10.2.